The number of nitro benzene ring substituents is 1. The van der Waals surface area contributed by atoms with E-state index in [1.54, 1.807) is 0 Å². The van der Waals surface area contributed by atoms with Crippen LogP contribution >= 0.6 is 35.4 Å². The van der Waals surface area contributed by atoms with Crippen molar-refractivity contribution in [2.75, 3.05) is 36.4 Å². The lowest BCUT2D eigenvalue weighted by molar-refractivity contribution is -0.384. The third-order valence-electron chi connectivity index (χ3n) is 4.16. The van der Waals surface area contributed by atoms with Gasteiger partial charge in [0.2, 0.25) is 0 Å². The Morgan fingerprint density at radius 3 is 2.42 bits per heavy atom. The first-order valence-electron chi connectivity index (χ1n) is 7.95. The third kappa shape index (κ3) is 4.17. The summed E-state index contributed by atoms with van der Waals surface area (Å²) in [7, 11) is 0. The van der Waals surface area contributed by atoms with E-state index in [1.165, 1.54) is 18.2 Å². The summed E-state index contributed by atoms with van der Waals surface area (Å²) in [5, 5.41) is 15.5. The van der Waals surface area contributed by atoms with Gasteiger partial charge in [0.05, 0.1) is 26.3 Å². The van der Waals surface area contributed by atoms with E-state index in [1.807, 2.05) is 29.2 Å². The standard InChI is InChI=1S/C17H16Cl2N4O2S/c18-13-6-5-12(23(24)25)11-15(13)20-17(26)22-9-7-21(8-10-22)16-4-2-1-3-14(16)19/h1-6,11H,7-10H2,(H,20,26). The minimum atomic E-state index is -0.465. The largest absolute Gasteiger partial charge is 0.367 e. The van der Waals surface area contributed by atoms with Crippen LogP contribution in [0.5, 0.6) is 0 Å². The predicted octanol–water partition coefficient (Wildman–Crippen LogP) is 4.42. The minimum absolute atomic E-state index is 0.0387. The van der Waals surface area contributed by atoms with Crippen molar-refractivity contribution >= 4 is 57.6 Å². The van der Waals surface area contributed by atoms with Crippen molar-refractivity contribution in [3.8, 4) is 0 Å². The first-order valence-corrected chi connectivity index (χ1v) is 9.11. The highest BCUT2D eigenvalue weighted by Crippen LogP contribution is 2.28. The molecule has 0 aromatic heterocycles. The van der Waals surface area contributed by atoms with E-state index in [4.69, 9.17) is 35.4 Å². The van der Waals surface area contributed by atoms with Crippen LogP contribution in [0.25, 0.3) is 0 Å². The number of anilines is 2. The van der Waals surface area contributed by atoms with Gasteiger partial charge in [-0.3, -0.25) is 10.1 Å². The Hall–Kier alpha value is -2.09. The summed E-state index contributed by atoms with van der Waals surface area (Å²) >= 11 is 17.8. The Balaban J connectivity index is 1.63. The monoisotopic (exact) mass is 410 g/mol. The average Bonchev–Trinajstić information content (AvgIpc) is 2.64. The van der Waals surface area contributed by atoms with Crippen LogP contribution in [0.3, 0.4) is 0 Å². The van der Waals surface area contributed by atoms with E-state index < -0.39 is 4.92 Å². The molecule has 0 radical (unpaired) electrons. The Morgan fingerprint density at radius 1 is 1.08 bits per heavy atom. The van der Waals surface area contributed by atoms with E-state index in [2.05, 4.69) is 10.2 Å². The number of nitro groups is 1. The van der Waals surface area contributed by atoms with Gasteiger partial charge in [-0.15, -0.1) is 0 Å². The van der Waals surface area contributed by atoms with Gasteiger partial charge < -0.3 is 15.1 Å². The molecular weight excluding hydrogens is 395 g/mol. The number of halogens is 2. The number of para-hydroxylation sites is 1. The fourth-order valence-electron chi connectivity index (χ4n) is 2.78. The lowest BCUT2D eigenvalue weighted by atomic mass is 10.2. The number of rotatable bonds is 3. The second-order valence-corrected chi connectivity index (χ2v) is 6.98. The first kappa shape index (κ1) is 18.7. The summed E-state index contributed by atoms with van der Waals surface area (Å²) < 4.78 is 0. The molecule has 6 nitrogen and oxygen atoms in total. The Bertz CT molecular complexity index is 841. The summed E-state index contributed by atoms with van der Waals surface area (Å²) in [6.07, 6.45) is 0. The van der Waals surface area contributed by atoms with Crippen LogP contribution in [-0.4, -0.2) is 41.1 Å². The highest BCUT2D eigenvalue weighted by atomic mass is 35.5. The fraction of sp³-hybridized carbons (Fsp3) is 0.235. The summed E-state index contributed by atoms with van der Waals surface area (Å²) in [5.74, 6) is 0. The molecule has 1 fully saturated rings. The minimum Gasteiger partial charge on any atom is -0.367 e. The molecule has 2 aromatic carbocycles. The maximum Gasteiger partial charge on any atom is 0.271 e. The van der Waals surface area contributed by atoms with Crippen molar-refractivity contribution in [2.45, 2.75) is 0 Å². The lowest BCUT2D eigenvalue weighted by Gasteiger charge is -2.37. The molecule has 9 heteroatoms. The van der Waals surface area contributed by atoms with Crippen LogP contribution in [0.15, 0.2) is 42.5 Å². The summed E-state index contributed by atoms with van der Waals surface area (Å²) in [4.78, 5) is 14.7. The number of thiocarbonyl (C=S) groups is 1. The summed E-state index contributed by atoms with van der Waals surface area (Å²) in [6, 6.07) is 12.0. The molecule has 0 bridgehead atoms. The van der Waals surface area contributed by atoms with Crippen LogP contribution in [0, 0.1) is 10.1 Å². The topological polar surface area (TPSA) is 61.7 Å². The van der Waals surface area contributed by atoms with Crippen molar-refractivity contribution in [3.63, 3.8) is 0 Å². The molecule has 1 aliphatic heterocycles. The van der Waals surface area contributed by atoms with Gasteiger partial charge in [0.15, 0.2) is 5.11 Å². The quantitative estimate of drug-likeness (QED) is 0.458. The molecular formula is C17H16Cl2N4O2S. The van der Waals surface area contributed by atoms with Crippen LogP contribution in [0.4, 0.5) is 17.1 Å². The number of hydrogen-bond acceptors (Lipinski definition) is 4. The lowest BCUT2D eigenvalue weighted by Crippen LogP contribution is -2.50. The molecule has 1 N–H and O–H groups in total. The van der Waals surface area contributed by atoms with Crippen molar-refractivity contribution in [1.82, 2.24) is 4.90 Å². The molecule has 0 atom stereocenters. The fourth-order valence-corrected chi connectivity index (χ4v) is 3.49. The maximum absolute atomic E-state index is 10.9. The van der Waals surface area contributed by atoms with Gasteiger partial charge in [-0.25, -0.2) is 0 Å². The predicted molar refractivity (Wildman–Crippen MR) is 110 cm³/mol. The van der Waals surface area contributed by atoms with Crippen LogP contribution in [-0.2, 0) is 0 Å². The second kappa shape index (κ2) is 8.07. The molecule has 136 valence electrons. The van der Waals surface area contributed by atoms with Crippen molar-refractivity contribution in [2.24, 2.45) is 0 Å². The van der Waals surface area contributed by atoms with E-state index in [-0.39, 0.29) is 5.69 Å². The first-order chi connectivity index (χ1) is 12.5. The van der Waals surface area contributed by atoms with E-state index in [0.717, 1.165) is 23.8 Å². The van der Waals surface area contributed by atoms with Crippen LogP contribution < -0.4 is 10.2 Å². The molecule has 3 rings (SSSR count). The highest BCUT2D eigenvalue weighted by molar-refractivity contribution is 7.80. The number of hydrogen-bond donors (Lipinski definition) is 1. The van der Waals surface area contributed by atoms with Gasteiger partial charge in [-0.2, -0.15) is 0 Å². The number of benzene rings is 2. The number of piperazine rings is 1. The SMILES string of the molecule is O=[N+]([O-])c1ccc(Cl)c(NC(=S)N2CCN(c3ccccc3Cl)CC2)c1. The average molecular weight is 411 g/mol. The Kier molecular flexibility index (Phi) is 5.80. The number of non-ortho nitro benzene ring substituents is 1. The van der Waals surface area contributed by atoms with Gasteiger partial charge in [-0.1, -0.05) is 35.3 Å². The molecule has 0 unspecified atom stereocenters. The van der Waals surface area contributed by atoms with Gasteiger partial charge in [0.25, 0.3) is 5.69 Å². The van der Waals surface area contributed by atoms with Crippen molar-refractivity contribution < 1.29 is 4.92 Å². The highest BCUT2D eigenvalue weighted by Gasteiger charge is 2.21. The molecule has 0 spiro atoms. The summed E-state index contributed by atoms with van der Waals surface area (Å²) in [6.45, 7) is 2.97. The van der Waals surface area contributed by atoms with Gasteiger partial charge in [0.1, 0.15) is 0 Å². The van der Waals surface area contributed by atoms with Gasteiger partial charge in [0, 0.05) is 38.3 Å². The van der Waals surface area contributed by atoms with E-state index in [0.29, 0.717) is 28.9 Å². The van der Waals surface area contributed by atoms with E-state index in [9.17, 15) is 10.1 Å². The zero-order valence-corrected chi connectivity index (χ0v) is 16.0. The molecule has 1 saturated heterocycles. The normalized spacial score (nSPS) is 14.2. The van der Waals surface area contributed by atoms with Crippen molar-refractivity contribution in [3.05, 3.63) is 62.6 Å². The number of nitrogens with zero attached hydrogens (tertiary/aromatic N) is 3. The molecule has 26 heavy (non-hydrogen) atoms. The van der Waals surface area contributed by atoms with Crippen molar-refractivity contribution in [1.29, 1.82) is 0 Å². The number of nitrogens with one attached hydrogen (secondary N) is 1. The molecule has 1 heterocycles. The molecule has 0 amide bonds. The Labute approximate surface area is 166 Å². The second-order valence-electron chi connectivity index (χ2n) is 5.78. The zero-order chi connectivity index (χ0) is 18.7. The molecule has 0 saturated carbocycles. The van der Waals surface area contributed by atoms with Crippen LogP contribution in [0.1, 0.15) is 0 Å². The van der Waals surface area contributed by atoms with Gasteiger partial charge in [-0.05, 0) is 30.4 Å². The molecule has 0 aliphatic carbocycles. The summed E-state index contributed by atoms with van der Waals surface area (Å²) in [5.41, 5.74) is 1.40. The van der Waals surface area contributed by atoms with Crippen LogP contribution in [0.2, 0.25) is 10.0 Å². The molecule has 1 aliphatic rings. The maximum atomic E-state index is 10.9. The molecule has 2 aromatic rings. The smallest absolute Gasteiger partial charge is 0.271 e. The van der Waals surface area contributed by atoms with E-state index >= 15 is 0 Å². The zero-order valence-electron chi connectivity index (χ0n) is 13.7. The Morgan fingerprint density at radius 2 is 1.77 bits per heavy atom. The van der Waals surface area contributed by atoms with Gasteiger partial charge >= 0.3 is 0 Å². The third-order valence-corrected chi connectivity index (χ3v) is 5.17.